The number of methoxy groups -OCH3 is 1. The van der Waals surface area contributed by atoms with Crippen LogP contribution in [0.3, 0.4) is 0 Å². The first kappa shape index (κ1) is 18.7. The first-order valence-electron chi connectivity index (χ1n) is 9.63. The van der Waals surface area contributed by atoms with Crippen molar-refractivity contribution in [3.05, 3.63) is 88.5 Å². The molecular weight excluding hydrogens is 394 g/mol. The maximum absolute atomic E-state index is 11.3. The topological polar surface area (TPSA) is 96.0 Å². The summed E-state index contributed by atoms with van der Waals surface area (Å²) in [6.45, 7) is 0.478. The number of nitrogens with zero attached hydrogens (tertiary/aromatic N) is 5. The molecule has 0 aliphatic rings. The second kappa shape index (κ2) is 7.49. The Labute approximate surface area is 176 Å². The zero-order valence-electron chi connectivity index (χ0n) is 16.6. The molecule has 152 valence electrons. The van der Waals surface area contributed by atoms with E-state index in [1.54, 1.807) is 19.2 Å². The van der Waals surface area contributed by atoms with E-state index in [0.717, 1.165) is 22.3 Å². The van der Waals surface area contributed by atoms with Crippen molar-refractivity contribution < 1.29 is 9.66 Å². The second-order valence-electron chi connectivity index (χ2n) is 7.04. The summed E-state index contributed by atoms with van der Waals surface area (Å²) in [5.74, 6) is 1.34. The van der Waals surface area contributed by atoms with Gasteiger partial charge in [-0.3, -0.25) is 10.1 Å². The molecule has 0 spiro atoms. The summed E-state index contributed by atoms with van der Waals surface area (Å²) >= 11 is 0. The maximum Gasteiger partial charge on any atom is 0.270 e. The van der Waals surface area contributed by atoms with Gasteiger partial charge in [0.15, 0.2) is 11.3 Å². The summed E-state index contributed by atoms with van der Waals surface area (Å²) in [5, 5.41) is 11.3. The number of fused-ring (bicyclic) bond motifs is 2. The summed E-state index contributed by atoms with van der Waals surface area (Å²) in [6, 6.07) is 21.8. The van der Waals surface area contributed by atoms with Gasteiger partial charge in [0.25, 0.3) is 5.69 Å². The Morgan fingerprint density at radius 1 is 0.935 bits per heavy atom. The smallest absolute Gasteiger partial charge is 0.270 e. The molecule has 0 amide bonds. The van der Waals surface area contributed by atoms with E-state index in [-0.39, 0.29) is 5.69 Å². The van der Waals surface area contributed by atoms with Crippen LogP contribution in [0.25, 0.3) is 33.7 Å². The fourth-order valence-corrected chi connectivity index (χ4v) is 3.54. The molecule has 0 N–H and O–H groups in total. The zero-order valence-corrected chi connectivity index (χ0v) is 16.6. The van der Waals surface area contributed by atoms with Gasteiger partial charge in [0.1, 0.15) is 11.6 Å². The number of ether oxygens (including phenoxy) is 1. The Balaban J connectivity index is 1.72. The number of benzene rings is 3. The highest BCUT2D eigenvalue weighted by molar-refractivity contribution is 5.85. The highest BCUT2D eigenvalue weighted by Crippen LogP contribution is 2.28. The average Bonchev–Trinajstić information content (AvgIpc) is 3.15. The third-order valence-corrected chi connectivity index (χ3v) is 5.07. The Morgan fingerprint density at radius 3 is 2.39 bits per heavy atom. The van der Waals surface area contributed by atoms with E-state index in [9.17, 15) is 10.1 Å². The summed E-state index contributed by atoms with van der Waals surface area (Å²) in [4.78, 5) is 25.0. The lowest BCUT2D eigenvalue weighted by Gasteiger charge is -2.10. The number of aromatic nitrogens is 4. The number of rotatable bonds is 5. The van der Waals surface area contributed by atoms with Crippen LogP contribution in [0.2, 0.25) is 0 Å². The van der Waals surface area contributed by atoms with Crippen LogP contribution in [0.1, 0.15) is 5.56 Å². The molecule has 0 unspecified atom stereocenters. The molecule has 31 heavy (non-hydrogen) atoms. The van der Waals surface area contributed by atoms with Crippen molar-refractivity contribution in [1.82, 2.24) is 19.5 Å². The number of nitro benzene ring substituents is 1. The van der Waals surface area contributed by atoms with Gasteiger partial charge < -0.3 is 9.30 Å². The van der Waals surface area contributed by atoms with Crippen LogP contribution in [0.4, 0.5) is 5.69 Å². The summed E-state index contributed by atoms with van der Waals surface area (Å²) < 4.78 is 7.19. The lowest BCUT2D eigenvalue weighted by atomic mass is 10.1. The molecule has 8 nitrogen and oxygen atoms in total. The van der Waals surface area contributed by atoms with Crippen molar-refractivity contribution in [3.8, 4) is 17.1 Å². The average molecular weight is 411 g/mol. The zero-order chi connectivity index (χ0) is 21.4. The number of hydrogen-bond donors (Lipinski definition) is 0. The van der Waals surface area contributed by atoms with Gasteiger partial charge in [-0.15, -0.1) is 0 Å². The Hall–Kier alpha value is -4.33. The van der Waals surface area contributed by atoms with Crippen molar-refractivity contribution in [2.45, 2.75) is 6.54 Å². The molecule has 0 saturated heterocycles. The third kappa shape index (κ3) is 3.44. The van der Waals surface area contributed by atoms with Crippen molar-refractivity contribution in [3.63, 3.8) is 0 Å². The molecule has 0 radical (unpaired) electrons. The highest BCUT2D eigenvalue weighted by Gasteiger charge is 2.18. The van der Waals surface area contributed by atoms with Gasteiger partial charge in [0.05, 0.1) is 29.6 Å². The van der Waals surface area contributed by atoms with E-state index in [4.69, 9.17) is 14.7 Å². The van der Waals surface area contributed by atoms with Gasteiger partial charge in [-0.05, 0) is 29.8 Å². The van der Waals surface area contributed by atoms with E-state index < -0.39 is 4.92 Å². The van der Waals surface area contributed by atoms with Crippen molar-refractivity contribution in [1.29, 1.82) is 0 Å². The number of hydrogen-bond acceptors (Lipinski definition) is 6. The van der Waals surface area contributed by atoms with Gasteiger partial charge in [0.2, 0.25) is 0 Å². The predicted molar refractivity (Wildman–Crippen MR) is 117 cm³/mol. The molecule has 0 bridgehead atoms. The molecule has 0 atom stereocenters. The van der Waals surface area contributed by atoms with Crippen LogP contribution >= 0.6 is 0 Å². The Bertz CT molecular complexity index is 1430. The Kier molecular flexibility index (Phi) is 4.51. The van der Waals surface area contributed by atoms with Crippen LogP contribution in [0.15, 0.2) is 72.8 Å². The standard InChI is InChI=1S/C23H17N5O3/c1-31-18-11-9-15(10-12-18)14-27-22(16-5-4-6-17(13-16)28(29)30)26-21-23(27)25-20-8-3-2-7-19(20)24-21/h2-13H,14H2,1H3. The van der Waals surface area contributed by atoms with Crippen LogP contribution in [0, 0.1) is 10.1 Å². The molecule has 0 aliphatic heterocycles. The lowest BCUT2D eigenvalue weighted by molar-refractivity contribution is -0.384. The molecule has 2 aromatic heterocycles. The molecule has 5 rings (SSSR count). The van der Waals surface area contributed by atoms with E-state index in [1.807, 2.05) is 53.1 Å². The molecule has 5 aromatic rings. The van der Waals surface area contributed by atoms with Crippen LogP contribution in [0.5, 0.6) is 5.75 Å². The van der Waals surface area contributed by atoms with E-state index >= 15 is 0 Å². The number of imidazole rings is 1. The van der Waals surface area contributed by atoms with Crippen molar-refractivity contribution >= 4 is 28.0 Å². The van der Waals surface area contributed by atoms with Crippen molar-refractivity contribution in [2.24, 2.45) is 0 Å². The van der Waals surface area contributed by atoms with Gasteiger partial charge in [-0.1, -0.05) is 36.4 Å². The van der Waals surface area contributed by atoms with Gasteiger partial charge in [0, 0.05) is 17.7 Å². The highest BCUT2D eigenvalue weighted by atomic mass is 16.6. The first-order chi connectivity index (χ1) is 15.1. The normalized spacial score (nSPS) is 11.1. The summed E-state index contributed by atoms with van der Waals surface area (Å²) in [5.41, 5.74) is 4.27. The SMILES string of the molecule is COc1ccc(Cn2c(-c3cccc([N+](=O)[O-])c3)nc3nc4ccccc4nc32)cc1. The van der Waals surface area contributed by atoms with Crippen LogP contribution in [-0.4, -0.2) is 31.6 Å². The lowest BCUT2D eigenvalue weighted by Crippen LogP contribution is -2.04. The van der Waals surface area contributed by atoms with E-state index in [2.05, 4.69) is 4.98 Å². The summed E-state index contributed by atoms with van der Waals surface area (Å²) in [7, 11) is 1.62. The largest absolute Gasteiger partial charge is 0.497 e. The monoisotopic (exact) mass is 411 g/mol. The molecule has 2 heterocycles. The summed E-state index contributed by atoms with van der Waals surface area (Å²) in [6.07, 6.45) is 0. The minimum Gasteiger partial charge on any atom is -0.497 e. The van der Waals surface area contributed by atoms with E-state index in [0.29, 0.717) is 29.2 Å². The van der Waals surface area contributed by atoms with Gasteiger partial charge in [-0.25, -0.2) is 15.0 Å². The fraction of sp³-hybridized carbons (Fsp3) is 0.0870. The maximum atomic E-state index is 11.3. The van der Waals surface area contributed by atoms with Crippen LogP contribution < -0.4 is 4.74 Å². The Morgan fingerprint density at radius 2 is 1.68 bits per heavy atom. The molecule has 0 fully saturated rings. The third-order valence-electron chi connectivity index (χ3n) is 5.07. The first-order valence-corrected chi connectivity index (χ1v) is 9.63. The predicted octanol–water partition coefficient (Wildman–Crippen LogP) is 4.61. The second-order valence-corrected chi connectivity index (χ2v) is 7.04. The molecule has 0 aliphatic carbocycles. The number of non-ortho nitro benzene ring substituents is 1. The minimum absolute atomic E-state index is 0.00614. The fourth-order valence-electron chi connectivity index (χ4n) is 3.54. The van der Waals surface area contributed by atoms with E-state index in [1.165, 1.54) is 12.1 Å². The number of nitro groups is 1. The van der Waals surface area contributed by atoms with Gasteiger partial charge >= 0.3 is 0 Å². The van der Waals surface area contributed by atoms with Crippen LogP contribution in [-0.2, 0) is 6.54 Å². The molecule has 3 aromatic carbocycles. The quantitative estimate of drug-likeness (QED) is 0.309. The minimum atomic E-state index is -0.412. The molecule has 8 heteroatoms. The number of para-hydroxylation sites is 2. The van der Waals surface area contributed by atoms with Gasteiger partial charge in [-0.2, -0.15) is 0 Å². The molecular formula is C23H17N5O3. The molecule has 0 saturated carbocycles. The van der Waals surface area contributed by atoms with Crippen molar-refractivity contribution in [2.75, 3.05) is 7.11 Å².